The van der Waals surface area contributed by atoms with E-state index >= 15 is 0 Å². The average Bonchev–Trinajstić information content (AvgIpc) is 2.83. The maximum atomic E-state index is 12.1. The molecule has 0 spiro atoms. The third-order valence-corrected chi connectivity index (χ3v) is 3.41. The molecule has 0 saturated carbocycles. The van der Waals surface area contributed by atoms with Crippen molar-refractivity contribution < 1.29 is 24.2 Å². The zero-order valence-corrected chi connectivity index (χ0v) is 13.5. The van der Waals surface area contributed by atoms with Crippen LogP contribution in [0.1, 0.15) is 13.3 Å². The lowest BCUT2D eigenvalue weighted by molar-refractivity contribution is -0.137. The first-order valence-corrected chi connectivity index (χ1v) is 7.43. The summed E-state index contributed by atoms with van der Waals surface area (Å²) in [5, 5.41) is 14.5. The molecule has 3 N–H and O–H groups in total. The van der Waals surface area contributed by atoms with Crippen LogP contribution < -0.4 is 15.4 Å². The van der Waals surface area contributed by atoms with Gasteiger partial charge in [0.1, 0.15) is 11.4 Å². The first kappa shape index (κ1) is 17.5. The van der Waals surface area contributed by atoms with Gasteiger partial charge in [0.2, 0.25) is 5.91 Å². The second-order valence-corrected chi connectivity index (χ2v) is 5.02. The van der Waals surface area contributed by atoms with Gasteiger partial charge in [-0.3, -0.25) is 19.3 Å². The lowest BCUT2D eigenvalue weighted by Gasteiger charge is -2.15. The van der Waals surface area contributed by atoms with E-state index in [0.29, 0.717) is 23.5 Å². The lowest BCUT2D eigenvalue weighted by Crippen LogP contribution is -2.34. The van der Waals surface area contributed by atoms with Crippen LogP contribution in [-0.2, 0) is 14.4 Å². The Morgan fingerprint density at radius 1 is 1.33 bits per heavy atom. The molecule has 0 fully saturated rings. The zero-order chi connectivity index (χ0) is 17.7. The number of ether oxygens (including phenoxy) is 1. The molecule has 8 nitrogen and oxygen atoms in total. The molecule has 1 aliphatic heterocycles. The van der Waals surface area contributed by atoms with Crippen LogP contribution in [-0.4, -0.2) is 48.0 Å². The molecule has 0 aliphatic carbocycles. The Labute approximate surface area is 139 Å². The maximum absolute atomic E-state index is 12.1. The molecule has 1 aromatic rings. The van der Waals surface area contributed by atoms with Gasteiger partial charge in [-0.1, -0.05) is 6.92 Å². The van der Waals surface area contributed by atoms with Gasteiger partial charge in [-0.05, 0) is 18.2 Å². The SMILES string of the molecule is CCC(=O)Nc1cc(NC2=CC(=O)N(CCO)C2=O)ccc1OC. The highest BCUT2D eigenvalue weighted by molar-refractivity contribution is 6.17. The van der Waals surface area contributed by atoms with Crippen LogP contribution in [0.2, 0.25) is 0 Å². The van der Waals surface area contributed by atoms with Crippen molar-refractivity contribution in [2.75, 3.05) is 30.9 Å². The number of carbonyl (C=O) groups is 3. The van der Waals surface area contributed by atoms with E-state index in [0.717, 1.165) is 4.90 Å². The molecule has 0 bridgehead atoms. The predicted octanol–water partition coefficient (Wildman–Crippen LogP) is 0.701. The number of aliphatic hydroxyl groups excluding tert-OH is 1. The number of carbonyl (C=O) groups excluding carboxylic acids is 3. The molecular weight excluding hydrogens is 314 g/mol. The van der Waals surface area contributed by atoms with Gasteiger partial charge < -0.3 is 20.5 Å². The van der Waals surface area contributed by atoms with Crippen molar-refractivity contribution in [3.8, 4) is 5.75 Å². The van der Waals surface area contributed by atoms with Crippen LogP contribution in [0.25, 0.3) is 0 Å². The van der Waals surface area contributed by atoms with Gasteiger partial charge in [0, 0.05) is 18.2 Å². The molecule has 24 heavy (non-hydrogen) atoms. The summed E-state index contributed by atoms with van der Waals surface area (Å²) in [5.41, 5.74) is 1.07. The summed E-state index contributed by atoms with van der Waals surface area (Å²) in [7, 11) is 1.48. The third kappa shape index (κ3) is 3.72. The molecule has 0 radical (unpaired) electrons. The molecule has 128 valence electrons. The first-order chi connectivity index (χ1) is 11.5. The first-order valence-electron chi connectivity index (χ1n) is 7.43. The summed E-state index contributed by atoms with van der Waals surface area (Å²) in [6.07, 6.45) is 1.49. The highest BCUT2D eigenvalue weighted by Crippen LogP contribution is 2.29. The molecular formula is C16H19N3O5. The molecule has 0 atom stereocenters. The van der Waals surface area contributed by atoms with Crippen molar-refractivity contribution in [2.45, 2.75) is 13.3 Å². The Kier molecular flexibility index (Phi) is 5.54. The smallest absolute Gasteiger partial charge is 0.277 e. The van der Waals surface area contributed by atoms with Crippen molar-refractivity contribution in [3.05, 3.63) is 30.0 Å². The summed E-state index contributed by atoms with van der Waals surface area (Å²) in [6.45, 7) is 1.38. The summed E-state index contributed by atoms with van der Waals surface area (Å²) >= 11 is 0. The third-order valence-electron chi connectivity index (χ3n) is 3.41. The Bertz CT molecular complexity index is 699. The average molecular weight is 333 g/mol. The van der Waals surface area contributed by atoms with E-state index in [1.54, 1.807) is 25.1 Å². The number of nitrogens with one attached hydrogen (secondary N) is 2. The fourth-order valence-corrected chi connectivity index (χ4v) is 2.19. The Balaban J connectivity index is 2.20. The van der Waals surface area contributed by atoms with Crippen molar-refractivity contribution in [1.82, 2.24) is 4.90 Å². The van der Waals surface area contributed by atoms with Crippen LogP contribution in [0.15, 0.2) is 30.0 Å². The summed E-state index contributed by atoms with van der Waals surface area (Å²) < 4.78 is 5.19. The Morgan fingerprint density at radius 3 is 2.71 bits per heavy atom. The molecule has 8 heteroatoms. The van der Waals surface area contributed by atoms with Crippen molar-refractivity contribution in [3.63, 3.8) is 0 Å². The van der Waals surface area contributed by atoms with Crippen molar-refractivity contribution in [1.29, 1.82) is 0 Å². The highest BCUT2D eigenvalue weighted by Gasteiger charge is 2.30. The van der Waals surface area contributed by atoms with Gasteiger partial charge in [-0.15, -0.1) is 0 Å². The monoisotopic (exact) mass is 333 g/mol. The predicted molar refractivity (Wildman–Crippen MR) is 87.4 cm³/mol. The number of amides is 3. The van der Waals surface area contributed by atoms with E-state index in [9.17, 15) is 14.4 Å². The van der Waals surface area contributed by atoms with E-state index in [1.807, 2.05) is 0 Å². The number of aliphatic hydroxyl groups is 1. The molecule has 0 saturated heterocycles. The molecule has 1 heterocycles. The molecule has 2 rings (SSSR count). The zero-order valence-electron chi connectivity index (χ0n) is 13.5. The normalized spacial score (nSPS) is 13.8. The lowest BCUT2D eigenvalue weighted by atomic mass is 10.2. The van der Waals surface area contributed by atoms with Gasteiger partial charge >= 0.3 is 0 Å². The minimum Gasteiger partial charge on any atom is -0.495 e. The molecule has 0 aromatic heterocycles. The second-order valence-electron chi connectivity index (χ2n) is 5.02. The fourth-order valence-electron chi connectivity index (χ4n) is 2.19. The Morgan fingerprint density at radius 2 is 2.08 bits per heavy atom. The number of benzene rings is 1. The number of hydrogen-bond acceptors (Lipinski definition) is 6. The number of hydrogen-bond donors (Lipinski definition) is 3. The van der Waals surface area contributed by atoms with Gasteiger partial charge in [0.25, 0.3) is 11.8 Å². The maximum Gasteiger partial charge on any atom is 0.277 e. The van der Waals surface area contributed by atoms with Crippen LogP contribution in [0.5, 0.6) is 5.75 Å². The minimum absolute atomic E-state index is 0.0558. The quantitative estimate of drug-likeness (QED) is 0.634. The van der Waals surface area contributed by atoms with E-state index in [-0.39, 0.29) is 24.8 Å². The van der Waals surface area contributed by atoms with E-state index in [4.69, 9.17) is 9.84 Å². The van der Waals surface area contributed by atoms with E-state index < -0.39 is 11.8 Å². The van der Waals surface area contributed by atoms with Gasteiger partial charge in [0.15, 0.2) is 0 Å². The van der Waals surface area contributed by atoms with Gasteiger partial charge in [-0.2, -0.15) is 0 Å². The largest absolute Gasteiger partial charge is 0.495 e. The van der Waals surface area contributed by atoms with Crippen molar-refractivity contribution >= 4 is 29.1 Å². The van der Waals surface area contributed by atoms with Crippen LogP contribution in [0.3, 0.4) is 0 Å². The highest BCUT2D eigenvalue weighted by atomic mass is 16.5. The number of nitrogens with zero attached hydrogens (tertiary/aromatic N) is 1. The fraction of sp³-hybridized carbons (Fsp3) is 0.312. The number of rotatable bonds is 7. The van der Waals surface area contributed by atoms with Crippen LogP contribution in [0.4, 0.5) is 11.4 Å². The standard InChI is InChI=1S/C16H19N3O5/c1-3-14(21)18-11-8-10(4-5-13(11)24-2)17-12-9-15(22)19(6-7-20)16(12)23/h4-5,8-9,17,20H,3,6-7H2,1-2H3,(H,18,21). The summed E-state index contributed by atoms with van der Waals surface area (Å²) in [4.78, 5) is 36.4. The second kappa shape index (κ2) is 7.60. The molecule has 0 unspecified atom stereocenters. The number of imide groups is 1. The summed E-state index contributed by atoms with van der Waals surface area (Å²) in [5.74, 6) is -0.688. The molecule has 1 aliphatic rings. The van der Waals surface area contributed by atoms with E-state index in [2.05, 4.69) is 10.6 Å². The number of anilines is 2. The summed E-state index contributed by atoms with van der Waals surface area (Å²) in [6, 6.07) is 4.91. The van der Waals surface area contributed by atoms with Gasteiger partial charge in [0.05, 0.1) is 25.9 Å². The molecule has 3 amide bonds. The van der Waals surface area contributed by atoms with Crippen LogP contribution in [0, 0.1) is 0 Å². The molecule has 1 aromatic carbocycles. The topological polar surface area (TPSA) is 108 Å². The van der Waals surface area contributed by atoms with Gasteiger partial charge in [-0.25, -0.2) is 0 Å². The Hall–Kier alpha value is -2.87. The number of β-amino-alcohol motifs (C(OH)–C–C–N with tert-alkyl or cyclic N) is 1. The van der Waals surface area contributed by atoms with Crippen molar-refractivity contribution in [2.24, 2.45) is 0 Å². The van der Waals surface area contributed by atoms with Crippen LogP contribution >= 0.6 is 0 Å². The van der Waals surface area contributed by atoms with E-state index in [1.165, 1.54) is 13.2 Å². The number of methoxy groups -OCH3 is 1. The minimum atomic E-state index is -0.510.